The monoisotopic (exact) mass is 236 g/mol. The maximum Gasteiger partial charge on any atom is 0.242 e. The fraction of sp³-hybridized carbons (Fsp3) is 0.417. The molecule has 2 rings (SSSR count). The van der Waals surface area contributed by atoms with Crippen LogP contribution in [-0.4, -0.2) is 23.6 Å². The van der Waals surface area contributed by atoms with Gasteiger partial charge in [0.1, 0.15) is 0 Å². The number of carbonyl (C=O) groups excluding carboxylic acids is 1. The molecule has 1 fully saturated rings. The van der Waals surface area contributed by atoms with Crippen molar-refractivity contribution >= 4 is 23.4 Å². The van der Waals surface area contributed by atoms with E-state index in [2.05, 4.69) is 24.5 Å². The van der Waals surface area contributed by atoms with Crippen LogP contribution in [0.2, 0.25) is 0 Å². The van der Waals surface area contributed by atoms with Crippen LogP contribution in [0.3, 0.4) is 0 Å². The third-order valence-corrected chi connectivity index (χ3v) is 3.75. The number of hydrogen-bond acceptors (Lipinski definition) is 3. The van der Waals surface area contributed by atoms with Gasteiger partial charge < -0.3 is 5.32 Å². The first kappa shape index (κ1) is 11.5. The summed E-state index contributed by atoms with van der Waals surface area (Å²) in [6.07, 6.45) is 0. The lowest BCUT2D eigenvalue weighted by Crippen LogP contribution is -2.37. The summed E-state index contributed by atoms with van der Waals surface area (Å²) in [6, 6.07) is 5.94. The van der Waals surface area contributed by atoms with Crippen LogP contribution < -0.4 is 10.6 Å². The minimum absolute atomic E-state index is 0.0494. The van der Waals surface area contributed by atoms with Crippen molar-refractivity contribution in [3.8, 4) is 0 Å². The van der Waals surface area contributed by atoms with Crippen LogP contribution in [-0.2, 0) is 4.79 Å². The smallest absolute Gasteiger partial charge is 0.242 e. The summed E-state index contributed by atoms with van der Waals surface area (Å²) in [5.41, 5.74) is 3.32. The van der Waals surface area contributed by atoms with Crippen molar-refractivity contribution in [2.75, 3.05) is 16.9 Å². The Morgan fingerprint density at radius 1 is 1.44 bits per heavy atom. The van der Waals surface area contributed by atoms with Gasteiger partial charge in [-0.05, 0) is 37.1 Å². The Bertz CT molecular complexity index is 400. The van der Waals surface area contributed by atoms with Crippen LogP contribution in [0.15, 0.2) is 18.2 Å². The molecule has 16 heavy (non-hydrogen) atoms. The Balaban J connectivity index is 2.02. The molecule has 1 aromatic rings. The van der Waals surface area contributed by atoms with Crippen LogP contribution in [0.4, 0.5) is 5.69 Å². The molecule has 0 saturated carbocycles. The van der Waals surface area contributed by atoms with Gasteiger partial charge >= 0.3 is 0 Å². The lowest BCUT2D eigenvalue weighted by molar-refractivity contribution is -0.117. The van der Waals surface area contributed by atoms with E-state index in [9.17, 15) is 4.79 Å². The molecule has 2 N–H and O–H groups in total. The molecule has 0 bridgehead atoms. The van der Waals surface area contributed by atoms with Gasteiger partial charge in [-0.25, -0.2) is 0 Å². The number of amides is 1. The molecule has 1 atom stereocenters. The highest BCUT2D eigenvalue weighted by Crippen LogP contribution is 2.16. The van der Waals surface area contributed by atoms with Crippen LogP contribution in [0.5, 0.6) is 0 Å². The average Bonchev–Trinajstić information content (AvgIpc) is 2.77. The molecular formula is C12H16N2OS. The second kappa shape index (κ2) is 4.89. The maximum absolute atomic E-state index is 11.8. The predicted octanol–water partition coefficient (Wildman–Crippen LogP) is 1.90. The number of hydrogen-bond donors (Lipinski definition) is 2. The first-order chi connectivity index (χ1) is 7.66. The highest BCUT2D eigenvalue weighted by molar-refractivity contribution is 7.99. The Labute approximate surface area is 100.0 Å². The summed E-state index contributed by atoms with van der Waals surface area (Å²) in [6.45, 7) is 4.12. The van der Waals surface area contributed by atoms with E-state index >= 15 is 0 Å². The molecule has 0 spiro atoms. The lowest BCUT2D eigenvalue weighted by atomic mass is 10.1. The maximum atomic E-state index is 11.8. The third-order valence-electron chi connectivity index (χ3n) is 2.81. The normalized spacial score (nSPS) is 19.8. The molecule has 1 amide bonds. The van der Waals surface area contributed by atoms with Crippen LogP contribution in [0, 0.1) is 13.8 Å². The van der Waals surface area contributed by atoms with E-state index < -0.39 is 0 Å². The van der Waals surface area contributed by atoms with E-state index in [1.54, 1.807) is 11.8 Å². The highest BCUT2D eigenvalue weighted by atomic mass is 32.2. The average molecular weight is 236 g/mol. The number of carbonyl (C=O) groups is 1. The fourth-order valence-corrected chi connectivity index (χ4v) is 2.55. The quantitative estimate of drug-likeness (QED) is 0.824. The van der Waals surface area contributed by atoms with E-state index in [-0.39, 0.29) is 11.9 Å². The highest BCUT2D eigenvalue weighted by Gasteiger charge is 2.22. The van der Waals surface area contributed by atoms with Gasteiger partial charge in [-0.1, -0.05) is 6.07 Å². The van der Waals surface area contributed by atoms with Gasteiger partial charge in [0.15, 0.2) is 0 Å². The summed E-state index contributed by atoms with van der Waals surface area (Å²) in [5.74, 6) is 1.79. The Morgan fingerprint density at radius 3 is 2.88 bits per heavy atom. The van der Waals surface area contributed by atoms with Gasteiger partial charge in [-0.15, -0.1) is 11.8 Å². The van der Waals surface area contributed by atoms with Crippen molar-refractivity contribution < 1.29 is 4.79 Å². The first-order valence-corrected chi connectivity index (χ1v) is 6.51. The van der Waals surface area contributed by atoms with Crippen molar-refractivity contribution in [2.24, 2.45) is 0 Å². The predicted molar refractivity (Wildman–Crippen MR) is 68.8 cm³/mol. The SMILES string of the molecule is Cc1ccc(NC(=O)C2CSCN2)cc1C. The van der Waals surface area contributed by atoms with Crippen molar-refractivity contribution in [2.45, 2.75) is 19.9 Å². The third kappa shape index (κ3) is 2.57. The summed E-state index contributed by atoms with van der Waals surface area (Å²) < 4.78 is 0. The Morgan fingerprint density at radius 2 is 2.25 bits per heavy atom. The largest absolute Gasteiger partial charge is 0.325 e. The molecule has 0 aromatic heterocycles. The van der Waals surface area contributed by atoms with E-state index in [1.807, 2.05) is 18.2 Å². The van der Waals surface area contributed by atoms with Crippen molar-refractivity contribution in [3.63, 3.8) is 0 Å². The number of thioether (sulfide) groups is 1. The van der Waals surface area contributed by atoms with Crippen LogP contribution >= 0.6 is 11.8 Å². The zero-order valence-corrected chi connectivity index (χ0v) is 10.4. The zero-order valence-electron chi connectivity index (χ0n) is 9.54. The minimum atomic E-state index is -0.0494. The Hall–Kier alpha value is -1.00. The van der Waals surface area contributed by atoms with Gasteiger partial charge in [-0.3, -0.25) is 10.1 Å². The molecule has 1 unspecified atom stereocenters. The second-order valence-corrected chi connectivity index (χ2v) is 5.09. The molecule has 1 aromatic carbocycles. The molecule has 1 heterocycles. The number of anilines is 1. The number of nitrogens with one attached hydrogen (secondary N) is 2. The summed E-state index contributed by atoms with van der Waals surface area (Å²) in [7, 11) is 0. The van der Waals surface area contributed by atoms with Crippen LogP contribution in [0.25, 0.3) is 0 Å². The van der Waals surface area contributed by atoms with Crippen molar-refractivity contribution in [3.05, 3.63) is 29.3 Å². The summed E-state index contributed by atoms with van der Waals surface area (Å²) >= 11 is 1.75. The molecule has 0 aliphatic carbocycles. The molecule has 4 heteroatoms. The topological polar surface area (TPSA) is 41.1 Å². The van der Waals surface area contributed by atoms with Gasteiger partial charge in [-0.2, -0.15) is 0 Å². The van der Waals surface area contributed by atoms with Gasteiger partial charge in [0.05, 0.1) is 6.04 Å². The molecule has 1 aliphatic heterocycles. The van der Waals surface area contributed by atoms with Gasteiger partial charge in [0.2, 0.25) is 5.91 Å². The molecule has 86 valence electrons. The number of rotatable bonds is 2. The molecule has 1 aliphatic rings. The molecule has 0 radical (unpaired) electrons. The molecule has 3 nitrogen and oxygen atoms in total. The molecule has 1 saturated heterocycles. The van der Waals surface area contributed by atoms with Crippen LogP contribution in [0.1, 0.15) is 11.1 Å². The summed E-state index contributed by atoms with van der Waals surface area (Å²) in [4.78, 5) is 11.8. The second-order valence-electron chi connectivity index (χ2n) is 4.06. The lowest BCUT2D eigenvalue weighted by Gasteiger charge is -2.11. The number of aryl methyl sites for hydroxylation is 2. The molecular weight excluding hydrogens is 220 g/mol. The van der Waals surface area contributed by atoms with Crippen molar-refractivity contribution in [1.82, 2.24) is 5.32 Å². The standard InChI is InChI=1S/C12H16N2OS/c1-8-3-4-10(5-9(8)2)14-12(15)11-6-16-7-13-11/h3-5,11,13H,6-7H2,1-2H3,(H,14,15). The fourth-order valence-electron chi connectivity index (χ4n) is 1.61. The van der Waals surface area contributed by atoms with E-state index in [0.717, 1.165) is 17.3 Å². The van der Waals surface area contributed by atoms with E-state index in [4.69, 9.17) is 0 Å². The zero-order chi connectivity index (χ0) is 11.5. The number of benzene rings is 1. The minimum Gasteiger partial charge on any atom is -0.325 e. The summed E-state index contributed by atoms with van der Waals surface area (Å²) in [5, 5.41) is 6.09. The van der Waals surface area contributed by atoms with Gasteiger partial charge in [0, 0.05) is 17.3 Å². The van der Waals surface area contributed by atoms with Crippen molar-refractivity contribution in [1.29, 1.82) is 0 Å². The van der Waals surface area contributed by atoms with E-state index in [0.29, 0.717) is 0 Å². The van der Waals surface area contributed by atoms with Gasteiger partial charge in [0.25, 0.3) is 0 Å². The Kier molecular flexibility index (Phi) is 3.51. The van der Waals surface area contributed by atoms with E-state index in [1.165, 1.54) is 11.1 Å². The first-order valence-electron chi connectivity index (χ1n) is 5.36.